The van der Waals surface area contributed by atoms with Crippen molar-refractivity contribution in [1.29, 1.82) is 0 Å². The Kier molecular flexibility index (Phi) is 5.42. The second kappa shape index (κ2) is 7.50. The molecule has 1 aromatic heterocycles. The molecule has 0 aliphatic heterocycles. The fraction of sp³-hybridized carbons (Fsp3) is 0.267. The zero-order valence-corrected chi connectivity index (χ0v) is 12.7. The molecule has 7 nitrogen and oxygen atoms in total. The second-order valence-corrected chi connectivity index (χ2v) is 4.88. The number of carboxylic acids is 1. The maximum atomic E-state index is 12.9. The highest BCUT2D eigenvalue weighted by Gasteiger charge is 2.16. The quantitative estimate of drug-likeness (QED) is 0.835. The summed E-state index contributed by atoms with van der Waals surface area (Å²) in [5, 5.41) is 9.16. The molecule has 1 N–H and O–H groups in total. The Morgan fingerprint density at radius 2 is 2.00 bits per heavy atom. The van der Waals surface area contributed by atoms with Crippen molar-refractivity contribution in [3.63, 3.8) is 0 Å². The molecule has 2 rings (SSSR count). The van der Waals surface area contributed by atoms with Crippen molar-refractivity contribution in [1.82, 2.24) is 14.9 Å². The molecule has 0 saturated carbocycles. The summed E-state index contributed by atoms with van der Waals surface area (Å²) in [7, 11) is 3.78. The van der Waals surface area contributed by atoms with Gasteiger partial charge in [0.15, 0.2) is 0 Å². The van der Waals surface area contributed by atoms with Gasteiger partial charge in [0.25, 0.3) is 0 Å². The Balaban J connectivity index is 2.19. The Bertz CT molecular complexity index is 677. The monoisotopic (exact) mass is 321 g/mol. The smallest absolute Gasteiger partial charge is 0.342 e. The van der Waals surface area contributed by atoms with Gasteiger partial charge in [0.05, 0.1) is 6.20 Å². The number of carboxylic acid groups (broad SMARTS) is 1. The summed E-state index contributed by atoms with van der Waals surface area (Å²) in [4.78, 5) is 20.9. The highest BCUT2D eigenvalue weighted by Crippen LogP contribution is 2.24. The highest BCUT2D eigenvalue weighted by molar-refractivity contribution is 5.89. The number of benzene rings is 1. The van der Waals surface area contributed by atoms with E-state index in [4.69, 9.17) is 14.6 Å². The molecule has 0 fully saturated rings. The van der Waals surface area contributed by atoms with Crippen LogP contribution in [0.2, 0.25) is 0 Å². The van der Waals surface area contributed by atoms with Crippen LogP contribution in [0.5, 0.6) is 17.6 Å². The van der Waals surface area contributed by atoms with Crippen LogP contribution in [0.3, 0.4) is 0 Å². The molecule has 0 radical (unpaired) electrons. The van der Waals surface area contributed by atoms with Gasteiger partial charge in [-0.15, -0.1) is 0 Å². The molecule has 0 amide bonds. The third kappa shape index (κ3) is 4.89. The average molecular weight is 321 g/mol. The predicted molar refractivity (Wildman–Crippen MR) is 79.5 cm³/mol. The number of rotatable bonds is 7. The van der Waals surface area contributed by atoms with Gasteiger partial charge in [0.2, 0.25) is 5.88 Å². The number of ether oxygens (including phenoxy) is 2. The van der Waals surface area contributed by atoms with Gasteiger partial charge in [-0.25, -0.2) is 14.2 Å². The number of hydrogen-bond acceptors (Lipinski definition) is 6. The number of carbonyl (C=O) groups is 1. The maximum Gasteiger partial charge on any atom is 0.342 e. The van der Waals surface area contributed by atoms with Gasteiger partial charge in [-0.3, -0.25) is 0 Å². The Morgan fingerprint density at radius 1 is 1.30 bits per heavy atom. The first-order chi connectivity index (χ1) is 11.0. The van der Waals surface area contributed by atoms with Gasteiger partial charge < -0.3 is 19.5 Å². The summed E-state index contributed by atoms with van der Waals surface area (Å²) < 4.78 is 23.7. The molecule has 0 bridgehead atoms. The average Bonchev–Trinajstić information content (AvgIpc) is 2.49. The fourth-order valence-corrected chi connectivity index (χ4v) is 1.58. The molecule has 0 atom stereocenters. The summed E-state index contributed by atoms with van der Waals surface area (Å²) in [5.41, 5.74) is -0.214. The Hall–Kier alpha value is -2.74. The van der Waals surface area contributed by atoms with Gasteiger partial charge in [0.1, 0.15) is 23.7 Å². The van der Waals surface area contributed by atoms with Crippen LogP contribution in [0.1, 0.15) is 10.4 Å². The van der Waals surface area contributed by atoms with Crippen LogP contribution in [-0.2, 0) is 0 Å². The Morgan fingerprint density at radius 3 is 2.61 bits per heavy atom. The first-order valence-electron chi connectivity index (χ1n) is 6.77. The molecule has 2 aromatic rings. The number of halogens is 1. The van der Waals surface area contributed by atoms with Gasteiger partial charge in [-0.1, -0.05) is 0 Å². The SMILES string of the molecule is CN(C)CCOc1ncc(C(=O)O)c(Oc2ccc(F)cc2)n1. The number of hydrogen-bond donors (Lipinski definition) is 1. The molecule has 23 heavy (non-hydrogen) atoms. The van der Waals surface area contributed by atoms with Gasteiger partial charge >= 0.3 is 12.0 Å². The van der Waals surface area contributed by atoms with E-state index in [2.05, 4.69) is 9.97 Å². The van der Waals surface area contributed by atoms with E-state index < -0.39 is 11.8 Å². The summed E-state index contributed by atoms with van der Waals surface area (Å²) in [6.45, 7) is 0.994. The van der Waals surface area contributed by atoms with Crippen molar-refractivity contribution in [2.75, 3.05) is 27.2 Å². The third-order valence-electron chi connectivity index (χ3n) is 2.76. The highest BCUT2D eigenvalue weighted by atomic mass is 19.1. The number of aromatic nitrogens is 2. The van der Waals surface area contributed by atoms with Crippen LogP contribution in [-0.4, -0.2) is 53.2 Å². The molecule has 0 spiro atoms. The molecular formula is C15H16FN3O4. The van der Waals surface area contributed by atoms with Crippen LogP contribution in [0.4, 0.5) is 4.39 Å². The molecule has 0 saturated heterocycles. The van der Waals surface area contributed by atoms with Crippen LogP contribution in [0.25, 0.3) is 0 Å². The van der Waals surface area contributed by atoms with Gasteiger partial charge in [-0.2, -0.15) is 4.98 Å². The van der Waals surface area contributed by atoms with Crippen molar-refractivity contribution in [3.8, 4) is 17.6 Å². The standard InChI is InChI=1S/C15H16FN3O4/c1-19(2)7-8-22-15-17-9-12(14(20)21)13(18-15)23-11-5-3-10(16)4-6-11/h3-6,9H,7-8H2,1-2H3,(H,20,21). The number of aromatic carboxylic acids is 1. The van der Waals surface area contributed by atoms with Gasteiger partial charge in [0, 0.05) is 6.54 Å². The number of likely N-dealkylation sites (N-methyl/N-ethyl adjacent to an activating group) is 1. The summed E-state index contributed by atoms with van der Waals surface area (Å²) in [6.07, 6.45) is 1.11. The minimum absolute atomic E-state index is 0.00830. The van der Waals surface area contributed by atoms with Crippen LogP contribution in [0, 0.1) is 5.82 Å². The summed E-state index contributed by atoms with van der Waals surface area (Å²) in [6, 6.07) is 5.15. The largest absolute Gasteiger partial charge is 0.477 e. The second-order valence-electron chi connectivity index (χ2n) is 4.88. The molecule has 1 aromatic carbocycles. The normalized spacial score (nSPS) is 10.6. The van der Waals surface area contributed by atoms with E-state index in [0.717, 1.165) is 6.20 Å². The van der Waals surface area contributed by atoms with Crippen molar-refractivity contribution in [3.05, 3.63) is 41.8 Å². The number of nitrogens with zero attached hydrogens (tertiary/aromatic N) is 3. The molecule has 0 aliphatic rings. The molecule has 122 valence electrons. The lowest BCUT2D eigenvalue weighted by molar-refractivity contribution is 0.0692. The maximum absolute atomic E-state index is 12.9. The van der Waals surface area contributed by atoms with Crippen molar-refractivity contribution < 1.29 is 23.8 Å². The summed E-state index contributed by atoms with van der Waals surface area (Å²) >= 11 is 0. The predicted octanol–water partition coefficient (Wildman–Crippen LogP) is 2.05. The molecule has 0 unspecified atom stereocenters. The van der Waals surface area contributed by atoms with E-state index in [1.54, 1.807) is 0 Å². The van der Waals surface area contributed by atoms with E-state index in [1.165, 1.54) is 24.3 Å². The fourth-order valence-electron chi connectivity index (χ4n) is 1.58. The van der Waals surface area contributed by atoms with E-state index in [1.807, 2.05) is 19.0 Å². The van der Waals surface area contributed by atoms with Crippen molar-refractivity contribution in [2.24, 2.45) is 0 Å². The lowest BCUT2D eigenvalue weighted by Gasteiger charge is -2.11. The van der Waals surface area contributed by atoms with Crippen LogP contribution < -0.4 is 9.47 Å². The Labute approximate surface area is 132 Å². The minimum atomic E-state index is -1.23. The van der Waals surface area contributed by atoms with E-state index in [-0.39, 0.29) is 23.2 Å². The molecular weight excluding hydrogens is 305 g/mol. The van der Waals surface area contributed by atoms with Gasteiger partial charge in [-0.05, 0) is 38.4 Å². The molecule has 0 aliphatic carbocycles. The zero-order chi connectivity index (χ0) is 16.8. The van der Waals surface area contributed by atoms with E-state index >= 15 is 0 Å². The summed E-state index contributed by atoms with van der Waals surface area (Å²) in [5.74, 6) is -1.57. The topological polar surface area (TPSA) is 84.8 Å². The molecule has 1 heterocycles. The first-order valence-corrected chi connectivity index (χ1v) is 6.77. The molecule has 8 heteroatoms. The van der Waals surface area contributed by atoms with E-state index in [9.17, 15) is 9.18 Å². The van der Waals surface area contributed by atoms with Crippen molar-refractivity contribution in [2.45, 2.75) is 0 Å². The first kappa shape index (κ1) is 16.6. The van der Waals surface area contributed by atoms with E-state index in [0.29, 0.717) is 13.2 Å². The minimum Gasteiger partial charge on any atom is -0.477 e. The zero-order valence-electron chi connectivity index (χ0n) is 12.7. The van der Waals surface area contributed by atoms with Crippen LogP contribution in [0.15, 0.2) is 30.5 Å². The van der Waals surface area contributed by atoms with Crippen molar-refractivity contribution >= 4 is 5.97 Å². The lowest BCUT2D eigenvalue weighted by Crippen LogP contribution is -2.20. The lowest BCUT2D eigenvalue weighted by atomic mass is 10.3. The third-order valence-corrected chi connectivity index (χ3v) is 2.76. The van der Waals surface area contributed by atoms with Crippen LogP contribution >= 0.6 is 0 Å².